The molecule has 74 valence electrons. The molecule has 1 heterocycles. The first-order chi connectivity index (χ1) is 5.76. The van der Waals surface area contributed by atoms with E-state index in [1.807, 2.05) is 0 Å². The van der Waals surface area contributed by atoms with Crippen LogP contribution in [0.1, 0.15) is 28.1 Å². The minimum Gasteiger partial charge on any atom is -0.319 e. The Labute approximate surface area is 77.8 Å². The Balaban J connectivity index is 0.00000144. The Morgan fingerprint density at radius 2 is 2.25 bits per heavy atom. The zero-order chi connectivity index (χ0) is 9.03. The van der Waals surface area contributed by atoms with Gasteiger partial charge in [0.1, 0.15) is 0 Å². The van der Waals surface area contributed by atoms with Gasteiger partial charge in [0.05, 0.1) is 0 Å². The van der Waals surface area contributed by atoms with E-state index in [1.54, 1.807) is 0 Å². The van der Waals surface area contributed by atoms with Gasteiger partial charge >= 0.3 is 0 Å². The highest BCUT2D eigenvalue weighted by molar-refractivity contribution is 4.89. The fourth-order valence-corrected chi connectivity index (χ4v) is 2.23. The number of likely N-dealkylation sites (tertiary alicyclic amines) is 1. The van der Waals surface area contributed by atoms with Crippen LogP contribution in [0.2, 0.25) is 0 Å². The van der Waals surface area contributed by atoms with E-state index < -0.39 is 0 Å². The highest BCUT2D eigenvalue weighted by atomic mass is 15.2. The number of nitrogens with zero attached hydrogens (tertiary/aromatic N) is 1. The molecule has 2 nitrogen and oxygen atoms in total. The molecular weight excluding hydrogens is 148 g/mol. The first kappa shape index (κ1) is 10.0. The second kappa shape index (κ2) is 4.24. The van der Waals surface area contributed by atoms with Crippen molar-refractivity contribution in [3.8, 4) is 0 Å². The number of nitrogens with one attached hydrogen (secondary N) is 1. The first-order valence-electron chi connectivity index (χ1n) is 5.13. The molecule has 0 aromatic heterocycles. The second-order valence-corrected chi connectivity index (χ2v) is 4.00. The standard InChI is InChI=1S/C10H22N2.H2/c1-4-10(8-11-3)6-7-12(5-2)9-10;/h11H,4-9H2,1-3H3;1H. The van der Waals surface area contributed by atoms with E-state index in [9.17, 15) is 0 Å². The van der Waals surface area contributed by atoms with Crippen LogP contribution in [0.5, 0.6) is 0 Å². The summed E-state index contributed by atoms with van der Waals surface area (Å²) in [5, 5.41) is 3.32. The maximum absolute atomic E-state index is 3.32. The third kappa shape index (κ3) is 1.99. The van der Waals surface area contributed by atoms with Crippen LogP contribution in [-0.2, 0) is 0 Å². The third-order valence-corrected chi connectivity index (χ3v) is 3.27. The summed E-state index contributed by atoms with van der Waals surface area (Å²) in [5.41, 5.74) is 0.574. The smallest absolute Gasteiger partial charge is 0.00504 e. The molecule has 1 atom stereocenters. The molecule has 1 aliphatic heterocycles. The molecule has 0 aliphatic carbocycles. The molecule has 1 rings (SSSR count). The van der Waals surface area contributed by atoms with Crippen molar-refractivity contribution in [3.05, 3.63) is 0 Å². The van der Waals surface area contributed by atoms with E-state index in [-0.39, 0.29) is 1.43 Å². The molecule has 1 unspecified atom stereocenters. The Hall–Kier alpha value is -0.0800. The SMILES string of the molecule is CCN1CCC(CC)(CNC)C1.[HH]. The van der Waals surface area contributed by atoms with Crippen LogP contribution >= 0.6 is 0 Å². The lowest BCUT2D eigenvalue weighted by molar-refractivity contribution is 0.250. The lowest BCUT2D eigenvalue weighted by Gasteiger charge is -2.27. The van der Waals surface area contributed by atoms with Crippen molar-refractivity contribution in [3.63, 3.8) is 0 Å². The van der Waals surface area contributed by atoms with Gasteiger partial charge in [-0.05, 0) is 38.4 Å². The quantitative estimate of drug-likeness (QED) is 0.692. The highest BCUT2D eigenvalue weighted by Crippen LogP contribution is 2.32. The first-order valence-corrected chi connectivity index (χ1v) is 5.13. The van der Waals surface area contributed by atoms with Crippen LogP contribution < -0.4 is 5.32 Å². The topological polar surface area (TPSA) is 15.3 Å². The summed E-state index contributed by atoms with van der Waals surface area (Å²) < 4.78 is 0. The molecule has 0 amide bonds. The summed E-state index contributed by atoms with van der Waals surface area (Å²) in [6.45, 7) is 9.56. The molecule has 0 bridgehead atoms. The largest absolute Gasteiger partial charge is 0.319 e. The van der Waals surface area contributed by atoms with Crippen molar-refractivity contribution in [2.45, 2.75) is 26.7 Å². The molecule has 0 aromatic carbocycles. The Morgan fingerprint density at radius 1 is 1.50 bits per heavy atom. The summed E-state index contributed by atoms with van der Waals surface area (Å²) in [5.74, 6) is 0. The molecule has 0 radical (unpaired) electrons. The zero-order valence-corrected chi connectivity index (χ0v) is 8.69. The van der Waals surface area contributed by atoms with E-state index in [0.717, 1.165) is 0 Å². The van der Waals surface area contributed by atoms with E-state index in [0.29, 0.717) is 5.41 Å². The van der Waals surface area contributed by atoms with Crippen molar-refractivity contribution >= 4 is 0 Å². The van der Waals surface area contributed by atoms with Gasteiger partial charge in [-0.1, -0.05) is 13.8 Å². The molecule has 0 saturated carbocycles. The average Bonchev–Trinajstić information content (AvgIpc) is 2.50. The third-order valence-electron chi connectivity index (χ3n) is 3.27. The van der Waals surface area contributed by atoms with E-state index in [4.69, 9.17) is 0 Å². The van der Waals surface area contributed by atoms with Crippen LogP contribution in [0.25, 0.3) is 0 Å². The predicted molar refractivity (Wildman–Crippen MR) is 55.5 cm³/mol. The van der Waals surface area contributed by atoms with Gasteiger partial charge in [0, 0.05) is 14.5 Å². The summed E-state index contributed by atoms with van der Waals surface area (Å²) in [7, 11) is 2.06. The predicted octanol–water partition coefficient (Wildman–Crippen LogP) is 1.57. The van der Waals surface area contributed by atoms with Crippen molar-refractivity contribution in [2.75, 3.05) is 33.2 Å². The Kier molecular flexibility index (Phi) is 3.53. The van der Waals surface area contributed by atoms with Crippen LogP contribution in [-0.4, -0.2) is 38.1 Å². The maximum Gasteiger partial charge on any atom is 0.00504 e. The fourth-order valence-electron chi connectivity index (χ4n) is 2.23. The normalized spacial score (nSPS) is 31.2. The number of hydrogen-bond donors (Lipinski definition) is 1. The van der Waals surface area contributed by atoms with Crippen molar-refractivity contribution in [1.82, 2.24) is 10.2 Å². The van der Waals surface area contributed by atoms with Crippen molar-refractivity contribution < 1.29 is 1.43 Å². The van der Waals surface area contributed by atoms with Crippen molar-refractivity contribution in [1.29, 1.82) is 0 Å². The minimum atomic E-state index is 0. The number of hydrogen-bond acceptors (Lipinski definition) is 2. The Morgan fingerprint density at radius 3 is 2.67 bits per heavy atom. The highest BCUT2D eigenvalue weighted by Gasteiger charge is 2.34. The van der Waals surface area contributed by atoms with Gasteiger partial charge in [-0.25, -0.2) is 0 Å². The summed E-state index contributed by atoms with van der Waals surface area (Å²) in [6.07, 6.45) is 2.68. The van der Waals surface area contributed by atoms with Crippen LogP contribution in [0.3, 0.4) is 0 Å². The van der Waals surface area contributed by atoms with E-state index in [1.165, 1.54) is 39.0 Å². The summed E-state index contributed by atoms with van der Waals surface area (Å²) in [4.78, 5) is 2.56. The summed E-state index contributed by atoms with van der Waals surface area (Å²) >= 11 is 0. The van der Waals surface area contributed by atoms with Gasteiger partial charge in [-0.15, -0.1) is 0 Å². The molecule has 0 spiro atoms. The molecule has 12 heavy (non-hydrogen) atoms. The van der Waals surface area contributed by atoms with Gasteiger partial charge in [-0.2, -0.15) is 0 Å². The number of rotatable bonds is 4. The lowest BCUT2D eigenvalue weighted by Crippen LogP contribution is -2.35. The van der Waals surface area contributed by atoms with Crippen molar-refractivity contribution in [2.24, 2.45) is 5.41 Å². The molecule has 1 fully saturated rings. The Bertz CT molecular complexity index is 141. The second-order valence-electron chi connectivity index (χ2n) is 4.00. The van der Waals surface area contributed by atoms with Gasteiger partial charge in [0.2, 0.25) is 0 Å². The van der Waals surface area contributed by atoms with Crippen LogP contribution in [0, 0.1) is 5.41 Å². The molecule has 1 aliphatic rings. The van der Waals surface area contributed by atoms with Gasteiger partial charge in [0.15, 0.2) is 0 Å². The lowest BCUT2D eigenvalue weighted by atomic mass is 9.84. The molecule has 0 aromatic rings. The molecule has 2 heteroatoms. The van der Waals surface area contributed by atoms with Crippen LogP contribution in [0.15, 0.2) is 0 Å². The maximum atomic E-state index is 3.32. The molecule has 1 saturated heterocycles. The van der Waals surface area contributed by atoms with Gasteiger partial charge in [0.25, 0.3) is 0 Å². The van der Waals surface area contributed by atoms with E-state index >= 15 is 0 Å². The summed E-state index contributed by atoms with van der Waals surface area (Å²) in [6, 6.07) is 0. The van der Waals surface area contributed by atoms with E-state index in [2.05, 4.69) is 31.1 Å². The minimum absolute atomic E-state index is 0. The molecule has 1 N–H and O–H groups in total. The van der Waals surface area contributed by atoms with Gasteiger partial charge < -0.3 is 10.2 Å². The average molecular weight is 172 g/mol. The van der Waals surface area contributed by atoms with Gasteiger partial charge in [-0.3, -0.25) is 0 Å². The fraction of sp³-hybridized carbons (Fsp3) is 1.00. The molecular formula is C10H24N2. The zero-order valence-electron chi connectivity index (χ0n) is 8.69. The monoisotopic (exact) mass is 172 g/mol. The van der Waals surface area contributed by atoms with Crippen LogP contribution in [0.4, 0.5) is 0 Å².